The average molecular weight is 469 g/mol. The van der Waals surface area contributed by atoms with Crippen LogP contribution in [-0.4, -0.2) is 36.5 Å². The number of amides is 2. The van der Waals surface area contributed by atoms with Crippen LogP contribution in [0.1, 0.15) is 13.8 Å². The molecule has 0 unspecified atom stereocenters. The van der Waals surface area contributed by atoms with Crippen LogP contribution in [0.25, 0.3) is 0 Å². The minimum atomic E-state index is -3.88. The second kappa shape index (κ2) is 9.53. The van der Waals surface area contributed by atoms with Gasteiger partial charge in [0.2, 0.25) is 0 Å². The Kier molecular flexibility index (Phi) is 8.64. The smallest absolute Gasteiger partial charge is 0.306 e. The standard InChI is InChI=1S/C14H15Cl5N2O3S/c1-3-21(13(11(17)12(18)19)25(23,24)4-2)14(22)20-10-6-5-8(15)7-9(10)16/h5-7,12H,3-4H2,1-2H3,(H,20,22)/b13-11-. The highest BCUT2D eigenvalue weighted by molar-refractivity contribution is 7.95. The number of nitrogens with zero attached hydrogens (tertiary/aromatic N) is 1. The average Bonchev–Trinajstić information content (AvgIpc) is 2.53. The maximum Gasteiger partial charge on any atom is 0.326 e. The van der Waals surface area contributed by atoms with Crippen LogP contribution in [0.15, 0.2) is 28.3 Å². The van der Waals surface area contributed by atoms with E-state index in [4.69, 9.17) is 58.0 Å². The number of urea groups is 1. The van der Waals surface area contributed by atoms with Gasteiger partial charge < -0.3 is 5.32 Å². The van der Waals surface area contributed by atoms with Crippen molar-refractivity contribution < 1.29 is 13.2 Å². The van der Waals surface area contributed by atoms with Crippen molar-refractivity contribution in [2.45, 2.75) is 18.7 Å². The van der Waals surface area contributed by atoms with E-state index in [9.17, 15) is 13.2 Å². The monoisotopic (exact) mass is 466 g/mol. The summed E-state index contributed by atoms with van der Waals surface area (Å²) in [5, 5.41) is 2.29. The highest BCUT2D eigenvalue weighted by Gasteiger charge is 2.31. The Morgan fingerprint density at radius 3 is 2.28 bits per heavy atom. The number of halogens is 5. The molecule has 0 bridgehead atoms. The first-order chi connectivity index (χ1) is 11.5. The second-order valence-electron chi connectivity index (χ2n) is 4.66. The van der Waals surface area contributed by atoms with Gasteiger partial charge in [-0.2, -0.15) is 0 Å². The summed E-state index contributed by atoms with van der Waals surface area (Å²) in [6.45, 7) is 3.00. The van der Waals surface area contributed by atoms with Gasteiger partial charge in [0.25, 0.3) is 0 Å². The zero-order valence-corrected chi connectivity index (χ0v) is 17.8. The molecular formula is C14H15Cl5N2O3S. The zero-order chi connectivity index (χ0) is 19.4. The Morgan fingerprint density at radius 1 is 1.24 bits per heavy atom. The van der Waals surface area contributed by atoms with Crippen LogP contribution >= 0.6 is 58.0 Å². The van der Waals surface area contributed by atoms with Gasteiger partial charge in [0, 0.05) is 11.6 Å². The third-order valence-corrected chi connectivity index (χ3v) is 6.56. The Morgan fingerprint density at radius 2 is 1.84 bits per heavy atom. The number of hydrogen-bond acceptors (Lipinski definition) is 3. The molecule has 1 rings (SSSR count). The number of nitrogens with one attached hydrogen (secondary N) is 1. The third kappa shape index (κ3) is 5.81. The predicted octanol–water partition coefficient (Wildman–Crippen LogP) is 5.49. The molecule has 0 aliphatic heterocycles. The van der Waals surface area contributed by atoms with Crippen LogP contribution in [0.3, 0.4) is 0 Å². The van der Waals surface area contributed by atoms with Crippen molar-refractivity contribution >= 4 is 79.6 Å². The lowest BCUT2D eigenvalue weighted by atomic mass is 10.3. The highest BCUT2D eigenvalue weighted by Crippen LogP contribution is 2.30. The van der Waals surface area contributed by atoms with Crippen molar-refractivity contribution in [3.05, 3.63) is 38.3 Å². The summed E-state index contributed by atoms with van der Waals surface area (Å²) in [7, 11) is -3.88. The molecule has 1 aromatic carbocycles. The topological polar surface area (TPSA) is 66.5 Å². The normalized spacial score (nSPS) is 12.8. The Hall–Kier alpha value is -0.370. The van der Waals surface area contributed by atoms with E-state index in [1.54, 1.807) is 6.92 Å². The molecule has 0 heterocycles. The molecule has 5 nitrogen and oxygen atoms in total. The number of hydrogen-bond donors (Lipinski definition) is 1. The minimum absolute atomic E-state index is 0.00230. The van der Waals surface area contributed by atoms with Gasteiger partial charge in [-0.05, 0) is 25.1 Å². The molecule has 0 atom stereocenters. The minimum Gasteiger partial charge on any atom is -0.306 e. The largest absolute Gasteiger partial charge is 0.326 e. The maximum absolute atomic E-state index is 12.6. The fourth-order valence-electron chi connectivity index (χ4n) is 1.83. The van der Waals surface area contributed by atoms with Gasteiger partial charge in [0.05, 0.1) is 21.5 Å². The van der Waals surface area contributed by atoms with Gasteiger partial charge in [-0.25, -0.2) is 13.2 Å². The molecule has 0 radical (unpaired) electrons. The lowest BCUT2D eigenvalue weighted by molar-refractivity contribution is 0.228. The number of sulfone groups is 1. The first-order valence-electron chi connectivity index (χ1n) is 6.99. The quantitative estimate of drug-likeness (QED) is 0.561. The van der Waals surface area contributed by atoms with Gasteiger partial charge in [-0.3, -0.25) is 4.90 Å². The summed E-state index contributed by atoms with van der Waals surface area (Å²) in [6.07, 6.45) is 0. The second-order valence-corrected chi connectivity index (χ2v) is 9.20. The van der Waals surface area contributed by atoms with E-state index in [1.807, 2.05) is 0 Å². The van der Waals surface area contributed by atoms with Crippen molar-refractivity contribution in [2.24, 2.45) is 0 Å². The van der Waals surface area contributed by atoms with E-state index in [-0.39, 0.29) is 28.0 Å². The fraction of sp³-hybridized carbons (Fsp3) is 0.357. The van der Waals surface area contributed by atoms with E-state index in [1.165, 1.54) is 25.1 Å². The molecule has 0 spiro atoms. The Balaban J connectivity index is 3.32. The SMILES string of the molecule is CCN(C(=O)Nc1ccc(Cl)cc1Cl)/C(=C(/Cl)C(Cl)Cl)S(=O)(=O)CC. The molecule has 0 aliphatic rings. The lowest BCUT2D eigenvalue weighted by Crippen LogP contribution is -2.38. The van der Waals surface area contributed by atoms with Crippen molar-refractivity contribution in [3.63, 3.8) is 0 Å². The molecule has 1 aromatic rings. The molecule has 0 aromatic heterocycles. The van der Waals surface area contributed by atoms with Crippen molar-refractivity contribution in [1.29, 1.82) is 0 Å². The summed E-state index contributed by atoms with van der Waals surface area (Å²) < 4.78 is 24.8. The van der Waals surface area contributed by atoms with Crippen LogP contribution in [0, 0.1) is 0 Å². The third-order valence-electron chi connectivity index (χ3n) is 3.05. The van der Waals surface area contributed by atoms with Crippen molar-refractivity contribution in [3.8, 4) is 0 Å². The summed E-state index contributed by atoms with van der Waals surface area (Å²) in [6, 6.07) is 3.70. The first-order valence-corrected chi connectivity index (χ1v) is 10.6. The van der Waals surface area contributed by atoms with E-state index >= 15 is 0 Å². The molecule has 11 heteroatoms. The van der Waals surface area contributed by atoms with Gasteiger partial charge in [-0.15, -0.1) is 0 Å². The number of anilines is 1. The summed E-state index contributed by atoms with van der Waals surface area (Å²) in [5.74, 6) is -0.287. The molecule has 25 heavy (non-hydrogen) atoms. The maximum atomic E-state index is 12.6. The van der Waals surface area contributed by atoms with Crippen LogP contribution in [0.5, 0.6) is 0 Å². The molecule has 0 saturated heterocycles. The van der Waals surface area contributed by atoms with Gasteiger partial charge in [0.1, 0.15) is 4.84 Å². The van der Waals surface area contributed by atoms with Gasteiger partial charge in [0.15, 0.2) is 14.9 Å². The number of carbonyl (C=O) groups excluding carboxylic acids is 1. The Labute approximate surface area is 171 Å². The van der Waals surface area contributed by atoms with Crippen LogP contribution in [0.4, 0.5) is 10.5 Å². The molecule has 0 aliphatic carbocycles. The number of benzene rings is 1. The molecule has 140 valence electrons. The van der Waals surface area contributed by atoms with E-state index in [0.29, 0.717) is 5.02 Å². The lowest BCUT2D eigenvalue weighted by Gasteiger charge is -2.25. The summed E-state index contributed by atoms with van der Waals surface area (Å²) >= 11 is 29.2. The highest BCUT2D eigenvalue weighted by atomic mass is 35.5. The van der Waals surface area contributed by atoms with Crippen LogP contribution < -0.4 is 5.32 Å². The molecule has 0 saturated carbocycles. The van der Waals surface area contributed by atoms with Crippen LogP contribution in [0.2, 0.25) is 10.0 Å². The first kappa shape index (κ1) is 22.7. The van der Waals surface area contributed by atoms with Gasteiger partial charge >= 0.3 is 6.03 Å². The van der Waals surface area contributed by atoms with E-state index < -0.39 is 25.7 Å². The molecular weight excluding hydrogens is 453 g/mol. The van der Waals surface area contributed by atoms with Gasteiger partial charge in [-0.1, -0.05) is 64.9 Å². The predicted molar refractivity (Wildman–Crippen MR) is 106 cm³/mol. The number of rotatable bonds is 6. The molecule has 0 fully saturated rings. The van der Waals surface area contributed by atoms with Crippen molar-refractivity contribution in [1.82, 2.24) is 4.90 Å². The molecule has 1 N–H and O–H groups in total. The van der Waals surface area contributed by atoms with E-state index in [0.717, 1.165) is 4.90 Å². The molecule has 2 amide bonds. The number of carbonyl (C=O) groups is 1. The Bertz CT molecular complexity index is 781. The number of alkyl halides is 2. The van der Waals surface area contributed by atoms with Crippen molar-refractivity contribution in [2.75, 3.05) is 17.6 Å². The fourth-order valence-corrected chi connectivity index (χ4v) is 4.31. The summed E-state index contributed by atoms with van der Waals surface area (Å²) in [4.78, 5) is 12.2. The zero-order valence-electron chi connectivity index (χ0n) is 13.2. The van der Waals surface area contributed by atoms with E-state index in [2.05, 4.69) is 5.32 Å². The number of allylic oxidation sites excluding steroid dienone is 1. The van der Waals surface area contributed by atoms with Crippen LogP contribution in [-0.2, 0) is 9.84 Å². The summed E-state index contributed by atoms with van der Waals surface area (Å²) in [5.41, 5.74) is 0.257.